The minimum atomic E-state index is 0.0841. The van der Waals surface area contributed by atoms with Gasteiger partial charge in [0.25, 0.3) is 0 Å². The molecule has 0 radical (unpaired) electrons. The largest absolute Gasteiger partial charge is 0.508 e. The molecule has 3 atom stereocenters. The van der Waals surface area contributed by atoms with Crippen molar-refractivity contribution in [1.29, 1.82) is 0 Å². The number of likely N-dealkylation sites (tertiary alicyclic amines) is 1. The molecule has 0 saturated carbocycles. The Labute approximate surface area is 173 Å². The van der Waals surface area contributed by atoms with Gasteiger partial charge in [-0.25, -0.2) is 0 Å². The lowest BCUT2D eigenvalue weighted by Crippen LogP contribution is -2.58. The van der Waals surface area contributed by atoms with Crippen LogP contribution in [0.3, 0.4) is 0 Å². The van der Waals surface area contributed by atoms with Crippen molar-refractivity contribution in [3.63, 3.8) is 0 Å². The number of aromatic hydroxyl groups is 1. The van der Waals surface area contributed by atoms with Crippen molar-refractivity contribution in [3.05, 3.63) is 58.7 Å². The number of aryl methyl sites for hydroxylation is 2. The van der Waals surface area contributed by atoms with E-state index in [4.69, 9.17) is 0 Å². The summed E-state index contributed by atoms with van der Waals surface area (Å²) in [5.74, 6) is 0.939. The number of hydrogen-bond acceptors (Lipinski definition) is 3. The molecule has 1 amide bonds. The lowest BCUT2D eigenvalue weighted by molar-refractivity contribution is -0.117. The zero-order valence-electron chi connectivity index (χ0n) is 18.0. The summed E-state index contributed by atoms with van der Waals surface area (Å²) in [5, 5.41) is 13.1. The molecule has 4 rings (SSSR count). The van der Waals surface area contributed by atoms with Gasteiger partial charge in [0.15, 0.2) is 0 Å². The van der Waals surface area contributed by atoms with Crippen LogP contribution in [0.15, 0.2) is 36.4 Å². The van der Waals surface area contributed by atoms with Crippen LogP contribution in [-0.2, 0) is 16.6 Å². The highest BCUT2D eigenvalue weighted by Gasteiger charge is 2.48. The Hall–Kier alpha value is -2.33. The van der Waals surface area contributed by atoms with Crippen molar-refractivity contribution >= 4 is 11.6 Å². The summed E-state index contributed by atoms with van der Waals surface area (Å²) in [6.07, 6.45) is 2.56. The Morgan fingerprint density at radius 2 is 2.03 bits per heavy atom. The van der Waals surface area contributed by atoms with E-state index in [2.05, 4.69) is 42.3 Å². The number of phenolic OH excluding ortho intramolecular Hbond substituents is 1. The molecule has 0 aromatic heterocycles. The molecule has 4 nitrogen and oxygen atoms in total. The Bertz CT molecular complexity index is 938. The maximum Gasteiger partial charge on any atom is 0.225 e. The standard InChI is InChI=1S/C25H32N2O2/c1-16-5-6-17(2)22(13-16)26-24(29)9-11-27-12-10-25(4)18(3)23(27)14-19-7-8-20(28)15-21(19)25/h5-8,13,15,18,23,28H,9-12,14H2,1-4H3,(H,26,29)/t18-,23+,25+/m0/s1. The molecule has 29 heavy (non-hydrogen) atoms. The zero-order valence-corrected chi connectivity index (χ0v) is 18.0. The number of fused-ring (bicyclic) bond motifs is 4. The second-order valence-corrected chi connectivity index (χ2v) is 9.22. The molecule has 1 aliphatic carbocycles. The summed E-state index contributed by atoms with van der Waals surface area (Å²) >= 11 is 0. The van der Waals surface area contributed by atoms with Crippen LogP contribution in [0, 0.1) is 19.8 Å². The quantitative estimate of drug-likeness (QED) is 0.802. The Morgan fingerprint density at radius 3 is 2.83 bits per heavy atom. The van der Waals surface area contributed by atoms with Gasteiger partial charge in [-0.1, -0.05) is 32.0 Å². The van der Waals surface area contributed by atoms with Gasteiger partial charge in [0, 0.05) is 24.7 Å². The average Bonchev–Trinajstić information content (AvgIpc) is 2.67. The number of rotatable bonds is 4. The van der Waals surface area contributed by atoms with Gasteiger partial charge in [-0.3, -0.25) is 9.69 Å². The second kappa shape index (κ2) is 7.49. The monoisotopic (exact) mass is 392 g/mol. The molecule has 2 N–H and O–H groups in total. The molecule has 2 aromatic carbocycles. The summed E-state index contributed by atoms with van der Waals surface area (Å²) in [7, 11) is 0. The fourth-order valence-corrected chi connectivity index (χ4v) is 5.30. The number of carbonyl (C=O) groups is 1. The summed E-state index contributed by atoms with van der Waals surface area (Å²) in [6.45, 7) is 10.5. The molecule has 2 aromatic rings. The van der Waals surface area contributed by atoms with Crippen LogP contribution in [0.4, 0.5) is 5.69 Å². The molecular weight excluding hydrogens is 360 g/mol. The van der Waals surface area contributed by atoms with E-state index in [-0.39, 0.29) is 11.3 Å². The van der Waals surface area contributed by atoms with Crippen molar-refractivity contribution in [3.8, 4) is 5.75 Å². The first kappa shape index (κ1) is 20.0. The Balaban J connectivity index is 1.44. The first-order chi connectivity index (χ1) is 13.8. The van der Waals surface area contributed by atoms with Crippen molar-refractivity contribution in [2.45, 2.75) is 58.4 Å². The second-order valence-electron chi connectivity index (χ2n) is 9.22. The number of anilines is 1. The van der Waals surface area contributed by atoms with E-state index in [1.807, 2.05) is 26.0 Å². The topological polar surface area (TPSA) is 52.6 Å². The highest BCUT2D eigenvalue weighted by molar-refractivity contribution is 5.91. The predicted molar refractivity (Wildman–Crippen MR) is 117 cm³/mol. The Morgan fingerprint density at radius 1 is 1.24 bits per heavy atom. The number of hydrogen-bond donors (Lipinski definition) is 2. The molecule has 154 valence electrons. The van der Waals surface area contributed by atoms with E-state index in [1.54, 1.807) is 6.07 Å². The summed E-state index contributed by atoms with van der Waals surface area (Å²) in [6, 6.07) is 12.4. The number of carbonyl (C=O) groups excluding carboxylic acids is 1. The number of phenols is 1. The van der Waals surface area contributed by atoms with Gasteiger partial charge < -0.3 is 10.4 Å². The summed E-state index contributed by atoms with van der Waals surface area (Å²) in [4.78, 5) is 15.1. The highest BCUT2D eigenvalue weighted by Crippen LogP contribution is 2.49. The fourth-order valence-electron chi connectivity index (χ4n) is 5.30. The third-order valence-corrected chi connectivity index (χ3v) is 7.40. The van der Waals surface area contributed by atoms with Crippen LogP contribution in [0.25, 0.3) is 0 Å². The first-order valence-electron chi connectivity index (χ1n) is 10.7. The molecule has 4 heteroatoms. The number of piperidine rings is 1. The number of nitrogens with one attached hydrogen (secondary N) is 1. The van der Waals surface area contributed by atoms with Gasteiger partial charge in [0.2, 0.25) is 5.91 Å². The minimum Gasteiger partial charge on any atom is -0.508 e. The lowest BCUT2D eigenvalue weighted by Gasteiger charge is -2.54. The molecule has 1 heterocycles. The molecule has 1 fully saturated rings. The smallest absolute Gasteiger partial charge is 0.225 e. The average molecular weight is 393 g/mol. The minimum absolute atomic E-state index is 0.0841. The van der Waals surface area contributed by atoms with E-state index in [0.717, 1.165) is 42.7 Å². The van der Waals surface area contributed by atoms with Crippen LogP contribution in [0.5, 0.6) is 5.75 Å². The third-order valence-electron chi connectivity index (χ3n) is 7.40. The molecule has 0 spiro atoms. The summed E-state index contributed by atoms with van der Waals surface area (Å²) in [5.41, 5.74) is 5.92. The van der Waals surface area contributed by atoms with Crippen molar-refractivity contribution < 1.29 is 9.90 Å². The zero-order chi connectivity index (χ0) is 20.8. The molecule has 2 bridgehead atoms. The van der Waals surface area contributed by atoms with E-state index in [1.165, 1.54) is 11.1 Å². The third kappa shape index (κ3) is 3.66. The van der Waals surface area contributed by atoms with Crippen molar-refractivity contribution in [2.75, 3.05) is 18.4 Å². The van der Waals surface area contributed by atoms with Crippen LogP contribution in [0.2, 0.25) is 0 Å². The van der Waals surface area contributed by atoms with Crippen LogP contribution >= 0.6 is 0 Å². The van der Waals surface area contributed by atoms with E-state index < -0.39 is 0 Å². The van der Waals surface area contributed by atoms with Crippen LogP contribution < -0.4 is 5.32 Å². The normalized spacial score (nSPS) is 26.1. The molecular formula is C25H32N2O2. The number of benzene rings is 2. The Kier molecular flexibility index (Phi) is 5.16. The predicted octanol–water partition coefficient (Wildman–Crippen LogP) is 4.56. The van der Waals surface area contributed by atoms with Gasteiger partial charge in [0.05, 0.1) is 0 Å². The van der Waals surface area contributed by atoms with Gasteiger partial charge in [-0.2, -0.15) is 0 Å². The SMILES string of the molecule is Cc1ccc(C)c(NC(=O)CCN2CC[C@@]3(C)c4cc(O)ccc4C[C@@H]2[C@@H]3C)c1. The first-order valence-corrected chi connectivity index (χ1v) is 10.7. The molecule has 2 aliphatic rings. The molecule has 1 aliphatic heterocycles. The number of nitrogens with zero attached hydrogens (tertiary/aromatic N) is 1. The van der Waals surface area contributed by atoms with E-state index >= 15 is 0 Å². The van der Waals surface area contributed by atoms with Crippen LogP contribution in [-0.4, -0.2) is 35.0 Å². The molecule has 0 unspecified atom stereocenters. The van der Waals surface area contributed by atoms with Gasteiger partial charge in [-0.15, -0.1) is 0 Å². The van der Waals surface area contributed by atoms with Gasteiger partial charge in [0.1, 0.15) is 5.75 Å². The molecule has 1 saturated heterocycles. The van der Waals surface area contributed by atoms with Crippen molar-refractivity contribution in [2.24, 2.45) is 5.92 Å². The maximum absolute atomic E-state index is 12.6. The van der Waals surface area contributed by atoms with Crippen molar-refractivity contribution in [1.82, 2.24) is 4.90 Å². The van der Waals surface area contributed by atoms with Crippen LogP contribution in [0.1, 0.15) is 48.9 Å². The highest BCUT2D eigenvalue weighted by atomic mass is 16.3. The van der Waals surface area contributed by atoms with E-state index in [9.17, 15) is 9.90 Å². The maximum atomic E-state index is 12.6. The lowest BCUT2D eigenvalue weighted by atomic mass is 9.59. The van der Waals surface area contributed by atoms with E-state index in [0.29, 0.717) is 24.1 Å². The number of amides is 1. The van der Waals surface area contributed by atoms with Gasteiger partial charge in [-0.05, 0) is 85.0 Å². The summed E-state index contributed by atoms with van der Waals surface area (Å²) < 4.78 is 0. The fraction of sp³-hybridized carbons (Fsp3) is 0.480. The van der Waals surface area contributed by atoms with Gasteiger partial charge >= 0.3 is 0 Å².